The zero-order valence-electron chi connectivity index (χ0n) is 10.7. The summed E-state index contributed by atoms with van der Waals surface area (Å²) in [6.45, 7) is 2.20. The van der Waals surface area contributed by atoms with Gasteiger partial charge in [-0.25, -0.2) is 4.79 Å². The summed E-state index contributed by atoms with van der Waals surface area (Å²) in [7, 11) is 2.15. The van der Waals surface area contributed by atoms with E-state index in [0.717, 1.165) is 43.4 Å². The molecule has 1 aliphatic rings. The van der Waals surface area contributed by atoms with E-state index in [9.17, 15) is 4.79 Å². The van der Waals surface area contributed by atoms with Crippen molar-refractivity contribution < 1.29 is 0 Å². The van der Waals surface area contributed by atoms with Crippen molar-refractivity contribution in [2.75, 3.05) is 20.1 Å². The number of hydrogen-bond donors (Lipinski definition) is 1. The summed E-state index contributed by atoms with van der Waals surface area (Å²) < 4.78 is 1.95. The third-order valence-electron chi connectivity index (χ3n) is 3.91. The molecule has 0 aliphatic carbocycles. The van der Waals surface area contributed by atoms with Crippen molar-refractivity contribution >= 4 is 11.0 Å². The molecule has 1 saturated heterocycles. The molecule has 2 aromatic rings. The van der Waals surface area contributed by atoms with Gasteiger partial charge in [-0.05, 0) is 51.5 Å². The topological polar surface area (TPSA) is 41.0 Å². The van der Waals surface area contributed by atoms with Gasteiger partial charge in [-0.1, -0.05) is 12.1 Å². The minimum atomic E-state index is 0.0331. The Morgan fingerprint density at radius 1 is 1.22 bits per heavy atom. The van der Waals surface area contributed by atoms with Gasteiger partial charge in [0.1, 0.15) is 0 Å². The number of H-pyrrole nitrogens is 1. The summed E-state index contributed by atoms with van der Waals surface area (Å²) in [5, 5.41) is 0. The van der Waals surface area contributed by atoms with E-state index in [1.807, 2.05) is 28.8 Å². The molecule has 1 aromatic carbocycles. The fraction of sp³-hybridized carbons (Fsp3) is 0.500. The lowest BCUT2D eigenvalue weighted by Gasteiger charge is -2.16. The molecule has 0 saturated carbocycles. The highest BCUT2D eigenvalue weighted by molar-refractivity contribution is 5.75. The number of benzene rings is 1. The first-order valence-electron chi connectivity index (χ1n) is 6.63. The molecule has 0 radical (unpaired) electrons. The highest BCUT2D eigenvalue weighted by Crippen LogP contribution is 2.24. The largest absolute Gasteiger partial charge is 0.326 e. The number of imidazole rings is 1. The van der Waals surface area contributed by atoms with Crippen molar-refractivity contribution in [3.8, 4) is 0 Å². The Morgan fingerprint density at radius 2 is 2.06 bits per heavy atom. The Labute approximate surface area is 106 Å². The maximum atomic E-state index is 12.1. The van der Waals surface area contributed by atoms with E-state index in [-0.39, 0.29) is 5.69 Å². The maximum absolute atomic E-state index is 12.1. The molecule has 1 unspecified atom stereocenters. The van der Waals surface area contributed by atoms with Gasteiger partial charge in [0, 0.05) is 6.04 Å². The van der Waals surface area contributed by atoms with Gasteiger partial charge in [0.25, 0.3) is 0 Å². The second-order valence-corrected chi connectivity index (χ2v) is 5.21. The number of nitrogens with one attached hydrogen (secondary N) is 1. The van der Waals surface area contributed by atoms with Crippen molar-refractivity contribution in [1.29, 1.82) is 0 Å². The van der Waals surface area contributed by atoms with Crippen LogP contribution in [0.1, 0.15) is 25.3 Å². The van der Waals surface area contributed by atoms with Crippen LogP contribution >= 0.6 is 0 Å². The first kappa shape index (κ1) is 11.5. The number of fused-ring (bicyclic) bond motifs is 1. The number of rotatable bonds is 1. The van der Waals surface area contributed by atoms with E-state index in [2.05, 4.69) is 16.9 Å². The second-order valence-electron chi connectivity index (χ2n) is 5.21. The molecule has 1 N–H and O–H groups in total. The van der Waals surface area contributed by atoms with Gasteiger partial charge in [0.05, 0.1) is 11.0 Å². The summed E-state index contributed by atoms with van der Waals surface area (Å²) >= 11 is 0. The molecule has 4 nitrogen and oxygen atoms in total. The highest BCUT2D eigenvalue weighted by Gasteiger charge is 2.19. The molecule has 1 atom stereocenters. The summed E-state index contributed by atoms with van der Waals surface area (Å²) in [4.78, 5) is 17.4. The first-order valence-corrected chi connectivity index (χ1v) is 6.63. The number of nitrogens with zero attached hydrogens (tertiary/aromatic N) is 2. The van der Waals surface area contributed by atoms with Crippen LogP contribution in [-0.2, 0) is 0 Å². The number of likely N-dealkylation sites (tertiary alicyclic amines) is 1. The van der Waals surface area contributed by atoms with Crippen LogP contribution in [0, 0.1) is 0 Å². The molecule has 0 spiro atoms. The minimum Gasteiger partial charge on any atom is -0.306 e. The molecule has 3 rings (SSSR count). The van der Waals surface area contributed by atoms with Gasteiger partial charge in [0.2, 0.25) is 0 Å². The van der Waals surface area contributed by atoms with Crippen molar-refractivity contribution in [2.24, 2.45) is 0 Å². The minimum absolute atomic E-state index is 0.0331. The fourth-order valence-electron chi connectivity index (χ4n) is 2.92. The molecule has 1 fully saturated rings. The van der Waals surface area contributed by atoms with Gasteiger partial charge in [-0.2, -0.15) is 0 Å². The highest BCUT2D eigenvalue weighted by atomic mass is 16.1. The number of aromatic amines is 1. The average molecular weight is 245 g/mol. The molecular weight excluding hydrogens is 226 g/mol. The van der Waals surface area contributed by atoms with Crippen molar-refractivity contribution in [3.63, 3.8) is 0 Å². The summed E-state index contributed by atoms with van der Waals surface area (Å²) in [5.74, 6) is 0. The molecule has 1 aliphatic heterocycles. The van der Waals surface area contributed by atoms with Gasteiger partial charge in [-0.3, -0.25) is 4.57 Å². The van der Waals surface area contributed by atoms with E-state index in [1.54, 1.807) is 0 Å². The Kier molecular flexibility index (Phi) is 2.96. The fourth-order valence-corrected chi connectivity index (χ4v) is 2.92. The molecule has 18 heavy (non-hydrogen) atoms. The van der Waals surface area contributed by atoms with Gasteiger partial charge >= 0.3 is 5.69 Å². The smallest absolute Gasteiger partial charge is 0.306 e. The maximum Gasteiger partial charge on any atom is 0.326 e. The number of aromatic nitrogens is 2. The van der Waals surface area contributed by atoms with E-state index in [1.165, 1.54) is 0 Å². The number of hydrogen-bond acceptors (Lipinski definition) is 2. The molecule has 2 heterocycles. The Hall–Kier alpha value is -1.55. The predicted octanol–water partition coefficient (Wildman–Crippen LogP) is 1.99. The SMILES string of the molecule is CN1CCCC(n2c(=O)[nH]c3ccccc32)CC1. The molecule has 0 amide bonds. The molecule has 4 heteroatoms. The molecular formula is C14H19N3O. The Bertz CT molecular complexity index is 598. The lowest BCUT2D eigenvalue weighted by atomic mass is 10.1. The van der Waals surface area contributed by atoms with Crippen LogP contribution in [0.2, 0.25) is 0 Å². The molecule has 96 valence electrons. The van der Waals surface area contributed by atoms with E-state index in [4.69, 9.17) is 0 Å². The lowest BCUT2D eigenvalue weighted by Crippen LogP contribution is -2.24. The van der Waals surface area contributed by atoms with Gasteiger partial charge in [0.15, 0.2) is 0 Å². The zero-order chi connectivity index (χ0) is 12.5. The van der Waals surface area contributed by atoms with Gasteiger partial charge in [-0.15, -0.1) is 0 Å². The molecule has 1 aromatic heterocycles. The van der Waals surface area contributed by atoms with Crippen LogP contribution in [0.4, 0.5) is 0 Å². The van der Waals surface area contributed by atoms with Crippen LogP contribution in [0.5, 0.6) is 0 Å². The van der Waals surface area contributed by atoms with Crippen LogP contribution in [-0.4, -0.2) is 34.6 Å². The standard InChI is InChI=1S/C14H19N3O/c1-16-9-4-5-11(8-10-16)17-13-7-3-2-6-12(13)15-14(17)18/h2-3,6-7,11H,4-5,8-10H2,1H3,(H,15,18). The normalized spacial score (nSPS) is 22.2. The van der Waals surface area contributed by atoms with Crippen LogP contribution in [0.25, 0.3) is 11.0 Å². The predicted molar refractivity (Wildman–Crippen MR) is 72.9 cm³/mol. The second kappa shape index (κ2) is 4.61. The zero-order valence-corrected chi connectivity index (χ0v) is 10.7. The van der Waals surface area contributed by atoms with Crippen LogP contribution < -0.4 is 5.69 Å². The number of para-hydroxylation sites is 2. The molecule has 0 bridgehead atoms. The first-order chi connectivity index (χ1) is 8.75. The van der Waals surface area contributed by atoms with E-state index in [0.29, 0.717) is 6.04 Å². The summed E-state index contributed by atoms with van der Waals surface area (Å²) in [6, 6.07) is 8.29. The summed E-state index contributed by atoms with van der Waals surface area (Å²) in [5.41, 5.74) is 2.02. The van der Waals surface area contributed by atoms with Gasteiger partial charge < -0.3 is 9.88 Å². The Morgan fingerprint density at radius 3 is 2.94 bits per heavy atom. The van der Waals surface area contributed by atoms with E-state index < -0.39 is 0 Å². The van der Waals surface area contributed by atoms with Crippen molar-refractivity contribution in [2.45, 2.75) is 25.3 Å². The van der Waals surface area contributed by atoms with Crippen LogP contribution in [0.15, 0.2) is 29.1 Å². The summed E-state index contributed by atoms with van der Waals surface area (Å²) in [6.07, 6.45) is 3.30. The van der Waals surface area contributed by atoms with E-state index >= 15 is 0 Å². The van der Waals surface area contributed by atoms with Crippen LogP contribution in [0.3, 0.4) is 0 Å². The average Bonchev–Trinajstić information content (AvgIpc) is 2.54. The van der Waals surface area contributed by atoms with Crippen molar-refractivity contribution in [3.05, 3.63) is 34.7 Å². The third-order valence-corrected chi connectivity index (χ3v) is 3.91. The lowest BCUT2D eigenvalue weighted by molar-refractivity contribution is 0.341. The third kappa shape index (κ3) is 1.97. The quantitative estimate of drug-likeness (QED) is 0.834. The Balaban J connectivity index is 2.03. The monoisotopic (exact) mass is 245 g/mol. The van der Waals surface area contributed by atoms with Crippen molar-refractivity contribution in [1.82, 2.24) is 14.5 Å².